The lowest BCUT2D eigenvalue weighted by Crippen LogP contribution is -2.40. The zero-order chi connectivity index (χ0) is 19.4. The van der Waals surface area contributed by atoms with E-state index < -0.39 is 11.8 Å². The Morgan fingerprint density at radius 2 is 1.59 bits per heavy atom. The van der Waals surface area contributed by atoms with Crippen molar-refractivity contribution in [2.45, 2.75) is 25.7 Å². The molecule has 0 saturated carbocycles. The van der Waals surface area contributed by atoms with E-state index >= 15 is 0 Å². The molecule has 0 saturated heterocycles. The van der Waals surface area contributed by atoms with Gasteiger partial charge in [0.1, 0.15) is 13.2 Å². The minimum absolute atomic E-state index is 0.0665. The molecule has 0 amide bonds. The van der Waals surface area contributed by atoms with E-state index in [0.29, 0.717) is 13.0 Å². The molecule has 0 heterocycles. The Labute approximate surface area is 159 Å². The highest BCUT2D eigenvalue weighted by atomic mass is 16.7. The van der Waals surface area contributed by atoms with Gasteiger partial charge in [-0.3, -0.25) is 4.79 Å². The Hall–Kier alpha value is -2.70. The van der Waals surface area contributed by atoms with Gasteiger partial charge in [-0.25, -0.2) is 4.79 Å². The van der Waals surface area contributed by atoms with Crippen molar-refractivity contribution in [1.82, 2.24) is 0 Å². The van der Waals surface area contributed by atoms with Crippen LogP contribution in [0.25, 0.3) is 0 Å². The van der Waals surface area contributed by atoms with E-state index in [0.717, 1.165) is 11.1 Å². The van der Waals surface area contributed by atoms with Crippen molar-refractivity contribution in [3.8, 4) is 0 Å². The summed E-state index contributed by atoms with van der Waals surface area (Å²) >= 11 is 0. The number of hydrogen-bond acceptors (Lipinski definition) is 6. The zero-order valence-corrected chi connectivity index (χ0v) is 15.3. The molecule has 0 aliphatic heterocycles. The van der Waals surface area contributed by atoms with E-state index in [9.17, 15) is 9.59 Å². The standard InChI is InChI=1S/C21H24O6/c1-21(26-17-22,16-24-13-12-18-8-4-2-5-9-18)27-20(23)15-25-14-19-10-6-3-7-11-19/h2-11,17H,12-16H2,1H3. The summed E-state index contributed by atoms with van der Waals surface area (Å²) in [6.07, 6.45) is 0.701. The van der Waals surface area contributed by atoms with E-state index in [1.54, 1.807) is 0 Å². The number of hydrogen-bond donors (Lipinski definition) is 0. The van der Waals surface area contributed by atoms with E-state index in [-0.39, 0.29) is 26.3 Å². The summed E-state index contributed by atoms with van der Waals surface area (Å²) in [7, 11) is 0. The molecule has 0 fully saturated rings. The SMILES string of the molecule is CC(COCCc1ccccc1)(OC=O)OC(=O)COCc1ccccc1. The van der Waals surface area contributed by atoms with Crippen LogP contribution in [0.2, 0.25) is 0 Å². The number of ether oxygens (including phenoxy) is 4. The van der Waals surface area contributed by atoms with Gasteiger partial charge in [-0.1, -0.05) is 60.7 Å². The van der Waals surface area contributed by atoms with Gasteiger partial charge < -0.3 is 18.9 Å². The molecule has 0 radical (unpaired) electrons. The highest BCUT2D eigenvalue weighted by Gasteiger charge is 2.31. The first-order valence-electron chi connectivity index (χ1n) is 8.68. The minimum atomic E-state index is -1.49. The number of carbonyl (C=O) groups excluding carboxylic acids is 2. The van der Waals surface area contributed by atoms with Gasteiger partial charge in [0.15, 0.2) is 0 Å². The summed E-state index contributed by atoms with van der Waals surface area (Å²) in [5.74, 6) is -2.13. The Morgan fingerprint density at radius 1 is 0.963 bits per heavy atom. The maximum absolute atomic E-state index is 12.0. The monoisotopic (exact) mass is 372 g/mol. The maximum atomic E-state index is 12.0. The molecule has 0 spiro atoms. The molecular formula is C21H24O6. The largest absolute Gasteiger partial charge is 0.422 e. The first kappa shape index (κ1) is 20.6. The van der Waals surface area contributed by atoms with Crippen LogP contribution in [0.1, 0.15) is 18.1 Å². The van der Waals surface area contributed by atoms with Crippen LogP contribution in [0.4, 0.5) is 0 Å². The molecule has 0 aromatic heterocycles. The van der Waals surface area contributed by atoms with Crippen LogP contribution in [-0.4, -0.2) is 38.0 Å². The van der Waals surface area contributed by atoms with Crippen LogP contribution in [0.5, 0.6) is 0 Å². The maximum Gasteiger partial charge on any atom is 0.335 e. The van der Waals surface area contributed by atoms with Crippen molar-refractivity contribution >= 4 is 12.4 Å². The lowest BCUT2D eigenvalue weighted by Gasteiger charge is -2.27. The van der Waals surface area contributed by atoms with Gasteiger partial charge in [-0.05, 0) is 17.5 Å². The quantitative estimate of drug-likeness (QED) is 0.247. The van der Waals surface area contributed by atoms with Gasteiger partial charge in [-0.2, -0.15) is 0 Å². The Morgan fingerprint density at radius 3 is 2.22 bits per heavy atom. The molecule has 1 atom stereocenters. The van der Waals surface area contributed by atoms with Crippen LogP contribution < -0.4 is 0 Å². The lowest BCUT2D eigenvalue weighted by molar-refractivity contribution is -0.232. The molecule has 0 bridgehead atoms. The molecule has 0 N–H and O–H groups in total. The van der Waals surface area contributed by atoms with Crippen molar-refractivity contribution in [1.29, 1.82) is 0 Å². The van der Waals surface area contributed by atoms with Crippen molar-refractivity contribution < 1.29 is 28.5 Å². The van der Waals surface area contributed by atoms with Crippen molar-refractivity contribution in [2.75, 3.05) is 19.8 Å². The van der Waals surface area contributed by atoms with E-state index in [2.05, 4.69) is 0 Å². The van der Waals surface area contributed by atoms with E-state index in [1.807, 2.05) is 60.7 Å². The third-order valence-corrected chi connectivity index (χ3v) is 3.70. The second-order valence-corrected chi connectivity index (χ2v) is 6.09. The summed E-state index contributed by atoms with van der Waals surface area (Å²) in [4.78, 5) is 22.7. The topological polar surface area (TPSA) is 71.1 Å². The molecule has 0 aliphatic carbocycles. The predicted octanol–water partition coefficient (Wildman–Crippen LogP) is 2.89. The lowest BCUT2D eigenvalue weighted by atomic mass is 10.2. The highest BCUT2D eigenvalue weighted by Crippen LogP contribution is 2.13. The minimum Gasteiger partial charge on any atom is -0.422 e. The van der Waals surface area contributed by atoms with Crippen molar-refractivity contribution in [3.05, 3.63) is 71.8 Å². The number of rotatable bonds is 12. The Balaban J connectivity index is 1.72. The Bertz CT molecular complexity index is 688. The smallest absolute Gasteiger partial charge is 0.335 e. The van der Waals surface area contributed by atoms with Gasteiger partial charge in [0.05, 0.1) is 13.2 Å². The predicted molar refractivity (Wildman–Crippen MR) is 98.7 cm³/mol. The summed E-state index contributed by atoms with van der Waals surface area (Å²) in [5, 5.41) is 0. The molecule has 2 rings (SSSR count). The second kappa shape index (κ2) is 11.1. The summed E-state index contributed by atoms with van der Waals surface area (Å²) in [5.41, 5.74) is 2.07. The number of esters is 1. The van der Waals surface area contributed by atoms with Crippen molar-refractivity contribution in [3.63, 3.8) is 0 Å². The van der Waals surface area contributed by atoms with Gasteiger partial charge in [0.25, 0.3) is 12.3 Å². The summed E-state index contributed by atoms with van der Waals surface area (Å²) < 4.78 is 21.0. The molecule has 27 heavy (non-hydrogen) atoms. The highest BCUT2D eigenvalue weighted by molar-refractivity contribution is 5.71. The Kier molecular flexibility index (Phi) is 8.48. The first-order valence-corrected chi connectivity index (χ1v) is 8.68. The van der Waals surface area contributed by atoms with Gasteiger partial charge in [0, 0.05) is 6.92 Å². The first-order chi connectivity index (χ1) is 13.1. The molecule has 144 valence electrons. The molecule has 0 aliphatic rings. The van der Waals surface area contributed by atoms with Gasteiger partial charge in [-0.15, -0.1) is 0 Å². The van der Waals surface area contributed by atoms with Crippen LogP contribution in [0.3, 0.4) is 0 Å². The zero-order valence-electron chi connectivity index (χ0n) is 15.3. The third-order valence-electron chi connectivity index (χ3n) is 3.70. The third kappa shape index (κ3) is 8.02. The number of carbonyl (C=O) groups is 2. The van der Waals surface area contributed by atoms with Gasteiger partial charge >= 0.3 is 5.97 Å². The van der Waals surface area contributed by atoms with E-state index in [4.69, 9.17) is 18.9 Å². The molecule has 1 unspecified atom stereocenters. The fourth-order valence-corrected chi connectivity index (χ4v) is 2.38. The summed E-state index contributed by atoms with van der Waals surface area (Å²) in [6, 6.07) is 19.3. The average Bonchev–Trinajstić information content (AvgIpc) is 2.67. The van der Waals surface area contributed by atoms with Crippen LogP contribution in [0, 0.1) is 0 Å². The molecule has 6 nitrogen and oxygen atoms in total. The summed E-state index contributed by atoms with van der Waals surface area (Å²) in [6.45, 7) is 2.08. The van der Waals surface area contributed by atoms with Crippen molar-refractivity contribution in [2.24, 2.45) is 0 Å². The molecule has 2 aromatic carbocycles. The van der Waals surface area contributed by atoms with Crippen LogP contribution in [0.15, 0.2) is 60.7 Å². The normalized spacial score (nSPS) is 12.8. The van der Waals surface area contributed by atoms with Crippen LogP contribution in [-0.2, 0) is 41.6 Å². The second-order valence-electron chi connectivity index (χ2n) is 6.09. The fraction of sp³-hybridized carbons (Fsp3) is 0.333. The number of benzene rings is 2. The van der Waals surface area contributed by atoms with Crippen LogP contribution >= 0.6 is 0 Å². The average molecular weight is 372 g/mol. The molecule has 6 heteroatoms. The fourth-order valence-electron chi connectivity index (χ4n) is 2.38. The molecule has 2 aromatic rings. The molecular weight excluding hydrogens is 348 g/mol. The van der Waals surface area contributed by atoms with E-state index in [1.165, 1.54) is 6.92 Å². The van der Waals surface area contributed by atoms with Gasteiger partial charge in [0.2, 0.25) is 0 Å².